The number of fused-ring (bicyclic) bond motifs is 2. The predicted octanol–water partition coefficient (Wildman–Crippen LogP) is 4.11. The Morgan fingerprint density at radius 1 is 1.26 bits per heavy atom. The maximum Gasteiger partial charge on any atom is 0.434 e. The number of urea groups is 1. The number of anilines is 1. The maximum atomic E-state index is 12.5. The molecule has 4 rings (SSSR count). The SMILES string of the molecule is COC(=O)n1ncc2c(NC(=O)NC3CCc4c(Cl)cccc43)cccc21. The third-order valence-corrected chi connectivity index (χ3v) is 5.08. The van der Waals surface area contributed by atoms with E-state index < -0.39 is 6.09 Å². The second-order valence-electron chi connectivity index (χ2n) is 6.26. The zero-order valence-corrected chi connectivity index (χ0v) is 15.3. The van der Waals surface area contributed by atoms with E-state index in [-0.39, 0.29) is 12.1 Å². The highest BCUT2D eigenvalue weighted by molar-refractivity contribution is 6.31. The number of rotatable bonds is 2. The number of hydrogen-bond acceptors (Lipinski definition) is 4. The Morgan fingerprint density at radius 3 is 2.89 bits per heavy atom. The summed E-state index contributed by atoms with van der Waals surface area (Å²) in [7, 11) is 1.29. The molecule has 138 valence electrons. The molecule has 0 saturated heterocycles. The molecule has 2 amide bonds. The summed E-state index contributed by atoms with van der Waals surface area (Å²) < 4.78 is 5.85. The topological polar surface area (TPSA) is 85.2 Å². The van der Waals surface area contributed by atoms with Gasteiger partial charge in [-0.05, 0) is 42.2 Å². The third kappa shape index (κ3) is 3.10. The van der Waals surface area contributed by atoms with Crippen LogP contribution < -0.4 is 10.6 Å². The summed E-state index contributed by atoms with van der Waals surface area (Å²) >= 11 is 6.23. The van der Waals surface area contributed by atoms with Crippen LogP contribution >= 0.6 is 11.6 Å². The highest BCUT2D eigenvalue weighted by Gasteiger charge is 2.25. The van der Waals surface area contributed by atoms with Crippen molar-refractivity contribution < 1.29 is 14.3 Å². The summed E-state index contributed by atoms with van der Waals surface area (Å²) in [6.45, 7) is 0. The number of carbonyl (C=O) groups is 2. The molecule has 0 radical (unpaired) electrons. The molecule has 1 heterocycles. The fraction of sp³-hybridized carbons (Fsp3) is 0.211. The third-order valence-electron chi connectivity index (χ3n) is 4.73. The molecule has 27 heavy (non-hydrogen) atoms. The molecule has 1 aromatic heterocycles. The lowest BCUT2D eigenvalue weighted by Gasteiger charge is -2.15. The van der Waals surface area contributed by atoms with E-state index in [9.17, 15) is 9.59 Å². The number of carbonyl (C=O) groups excluding carboxylic acids is 2. The van der Waals surface area contributed by atoms with Gasteiger partial charge in [0.15, 0.2) is 0 Å². The second kappa shape index (κ2) is 6.92. The van der Waals surface area contributed by atoms with Crippen LogP contribution in [0, 0.1) is 0 Å². The highest BCUT2D eigenvalue weighted by atomic mass is 35.5. The number of halogens is 1. The number of methoxy groups -OCH3 is 1. The van der Waals surface area contributed by atoms with Crippen LogP contribution in [0.15, 0.2) is 42.6 Å². The molecular formula is C19H17ClN4O3. The van der Waals surface area contributed by atoms with Crippen molar-refractivity contribution in [3.8, 4) is 0 Å². The van der Waals surface area contributed by atoms with Gasteiger partial charge in [0.1, 0.15) is 0 Å². The van der Waals surface area contributed by atoms with E-state index in [0.29, 0.717) is 16.6 Å². The Balaban J connectivity index is 1.54. The van der Waals surface area contributed by atoms with E-state index in [1.807, 2.05) is 18.2 Å². The van der Waals surface area contributed by atoms with Crippen molar-refractivity contribution in [3.63, 3.8) is 0 Å². The molecule has 1 unspecified atom stereocenters. The smallest absolute Gasteiger partial charge is 0.434 e. The molecule has 1 aliphatic carbocycles. The molecular weight excluding hydrogens is 368 g/mol. The van der Waals surface area contributed by atoms with Gasteiger partial charge < -0.3 is 15.4 Å². The van der Waals surface area contributed by atoms with Gasteiger partial charge in [0.05, 0.1) is 30.6 Å². The van der Waals surface area contributed by atoms with Crippen molar-refractivity contribution in [2.45, 2.75) is 18.9 Å². The first-order chi connectivity index (χ1) is 13.1. The van der Waals surface area contributed by atoms with E-state index in [4.69, 9.17) is 16.3 Å². The van der Waals surface area contributed by atoms with Gasteiger partial charge in [-0.2, -0.15) is 9.78 Å². The van der Waals surface area contributed by atoms with Gasteiger partial charge in [-0.3, -0.25) is 0 Å². The molecule has 2 aromatic carbocycles. The fourth-order valence-electron chi connectivity index (χ4n) is 3.47. The highest BCUT2D eigenvalue weighted by Crippen LogP contribution is 2.35. The summed E-state index contributed by atoms with van der Waals surface area (Å²) in [5, 5.41) is 11.2. The monoisotopic (exact) mass is 384 g/mol. The average Bonchev–Trinajstić information content (AvgIpc) is 3.27. The standard InChI is InChI=1S/C19H17ClN4O3/c1-27-19(26)24-17-7-3-6-15(13(17)10-21-24)22-18(25)23-16-9-8-11-12(16)4-2-5-14(11)20/h2-7,10,16H,8-9H2,1H3,(H2,22,23,25). The van der Waals surface area contributed by atoms with Crippen molar-refractivity contribution in [2.24, 2.45) is 0 Å². The Bertz CT molecular complexity index is 1050. The van der Waals surface area contributed by atoms with Crippen LogP contribution in [-0.4, -0.2) is 29.0 Å². The number of amides is 2. The van der Waals surface area contributed by atoms with Gasteiger partial charge in [-0.15, -0.1) is 0 Å². The van der Waals surface area contributed by atoms with Crippen LogP contribution in [-0.2, 0) is 11.2 Å². The Kier molecular flexibility index (Phi) is 4.45. The van der Waals surface area contributed by atoms with Gasteiger partial charge >= 0.3 is 12.1 Å². The number of ether oxygens (including phenoxy) is 1. The normalized spacial score (nSPS) is 15.4. The van der Waals surface area contributed by atoms with E-state index in [1.165, 1.54) is 13.3 Å². The minimum absolute atomic E-state index is 0.0873. The van der Waals surface area contributed by atoms with Crippen molar-refractivity contribution >= 4 is 40.3 Å². The summed E-state index contributed by atoms with van der Waals surface area (Å²) in [6, 6.07) is 10.6. The summed E-state index contributed by atoms with van der Waals surface area (Å²) in [4.78, 5) is 24.3. The molecule has 1 atom stereocenters. The molecule has 0 fully saturated rings. The Hall–Kier alpha value is -3.06. The largest absolute Gasteiger partial charge is 0.451 e. The molecule has 1 aliphatic rings. The summed E-state index contributed by atoms with van der Waals surface area (Å²) in [6.07, 6.45) is 2.57. The van der Waals surface area contributed by atoms with Crippen molar-refractivity contribution in [1.29, 1.82) is 0 Å². The summed E-state index contributed by atoms with van der Waals surface area (Å²) in [5.74, 6) is 0. The lowest BCUT2D eigenvalue weighted by Crippen LogP contribution is -2.31. The van der Waals surface area contributed by atoms with Crippen LogP contribution in [0.5, 0.6) is 0 Å². The maximum absolute atomic E-state index is 12.5. The molecule has 8 heteroatoms. The van der Waals surface area contributed by atoms with Crippen LogP contribution in [0.25, 0.3) is 10.9 Å². The minimum atomic E-state index is -0.592. The molecule has 3 aromatic rings. The van der Waals surface area contributed by atoms with Crippen molar-refractivity contribution in [1.82, 2.24) is 15.1 Å². The van der Waals surface area contributed by atoms with Gasteiger partial charge in [0, 0.05) is 10.4 Å². The zero-order chi connectivity index (χ0) is 19.0. The van der Waals surface area contributed by atoms with Gasteiger partial charge in [-0.25, -0.2) is 9.59 Å². The quantitative estimate of drug-likeness (QED) is 0.696. The minimum Gasteiger partial charge on any atom is -0.451 e. The second-order valence-corrected chi connectivity index (χ2v) is 6.67. The van der Waals surface area contributed by atoms with Crippen LogP contribution in [0.4, 0.5) is 15.3 Å². The van der Waals surface area contributed by atoms with Crippen molar-refractivity contribution in [2.75, 3.05) is 12.4 Å². The predicted molar refractivity (Wildman–Crippen MR) is 102 cm³/mol. The first-order valence-electron chi connectivity index (χ1n) is 8.48. The van der Waals surface area contributed by atoms with Crippen LogP contribution in [0.1, 0.15) is 23.6 Å². The Morgan fingerprint density at radius 2 is 2.07 bits per heavy atom. The van der Waals surface area contributed by atoms with E-state index >= 15 is 0 Å². The zero-order valence-electron chi connectivity index (χ0n) is 14.5. The lowest BCUT2D eigenvalue weighted by molar-refractivity contribution is 0.170. The molecule has 0 bridgehead atoms. The number of nitrogens with zero attached hydrogens (tertiary/aromatic N) is 2. The van der Waals surface area contributed by atoms with Gasteiger partial charge in [-0.1, -0.05) is 29.8 Å². The molecule has 2 N–H and O–H groups in total. The fourth-order valence-corrected chi connectivity index (χ4v) is 3.74. The summed E-state index contributed by atoms with van der Waals surface area (Å²) in [5.41, 5.74) is 3.25. The lowest BCUT2D eigenvalue weighted by atomic mass is 10.1. The number of hydrogen-bond donors (Lipinski definition) is 2. The average molecular weight is 385 g/mol. The van der Waals surface area contributed by atoms with E-state index in [0.717, 1.165) is 33.7 Å². The van der Waals surface area contributed by atoms with E-state index in [2.05, 4.69) is 15.7 Å². The molecule has 0 saturated carbocycles. The van der Waals surface area contributed by atoms with Crippen molar-refractivity contribution in [3.05, 3.63) is 58.7 Å². The molecule has 7 nitrogen and oxygen atoms in total. The van der Waals surface area contributed by atoms with Crippen LogP contribution in [0.3, 0.4) is 0 Å². The van der Waals surface area contributed by atoms with Gasteiger partial charge in [0.25, 0.3) is 0 Å². The first-order valence-corrected chi connectivity index (χ1v) is 8.86. The van der Waals surface area contributed by atoms with E-state index in [1.54, 1.807) is 18.2 Å². The molecule has 0 aliphatic heterocycles. The van der Waals surface area contributed by atoms with Crippen LogP contribution in [0.2, 0.25) is 5.02 Å². The first kappa shape index (κ1) is 17.4. The Labute approximate surface area is 160 Å². The number of aromatic nitrogens is 2. The number of benzene rings is 2. The van der Waals surface area contributed by atoms with Gasteiger partial charge in [0.2, 0.25) is 0 Å². The molecule has 0 spiro atoms. The number of nitrogens with one attached hydrogen (secondary N) is 2.